The number of carbonyl (C=O) groups is 1. The zero-order valence-corrected chi connectivity index (χ0v) is 12.4. The largest absolute Gasteiger partial charge is 0.399 e. The summed E-state index contributed by atoms with van der Waals surface area (Å²) in [6, 6.07) is 7.91. The highest BCUT2D eigenvalue weighted by molar-refractivity contribution is 5.91. The van der Waals surface area contributed by atoms with Gasteiger partial charge in [0.25, 0.3) is 0 Å². The van der Waals surface area contributed by atoms with E-state index in [2.05, 4.69) is 6.92 Å². The predicted molar refractivity (Wildman–Crippen MR) is 84.1 cm³/mol. The lowest BCUT2D eigenvalue weighted by atomic mass is 9.85. The molecule has 0 aliphatic heterocycles. The van der Waals surface area contributed by atoms with E-state index in [4.69, 9.17) is 5.73 Å². The number of nitrogen functional groups attached to an aromatic ring is 1. The van der Waals surface area contributed by atoms with Crippen LogP contribution in [0.25, 0.3) is 6.08 Å². The van der Waals surface area contributed by atoms with Crippen LogP contribution in [-0.4, -0.2) is 23.9 Å². The zero-order valence-electron chi connectivity index (χ0n) is 12.4. The van der Waals surface area contributed by atoms with Crippen molar-refractivity contribution in [3.05, 3.63) is 35.9 Å². The van der Waals surface area contributed by atoms with Gasteiger partial charge in [-0.3, -0.25) is 4.79 Å². The van der Waals surface area contributed by atoms with Gasteiger partial charge in [0.05, 0.1) is 0 Å². The molecule has 108 valence electrons. The fourth-order valence-corrected chi connectivity index (χ4v) is 2.93. The number of nitrogens with two attached hydrogens (primary N) is 1. The van der Waals surface area contributed by atoms with Gasteiger partial charge in [0.2, 0.25) is 5.91 Å². The van der Waals surface area contributed by atoms with Crippen molar-refractivity contribution in [2.24, 2.45) is 5.92 Å². The summed E-state index contributed by atoms with van der Waals surface area (Å²) in [5.41, 5.74) is 7.38. The topological polar surface area (TPSA) is 46.3 Å². The number of carbonyl (C=O) groups excluding carboxylic acids is 1. The van der Waals surface area contributed by atoms with Crippen molar-refractivity contribution in [3.8, 4) is 0 Å². The van der Waals surface area contributed by atoms with Crippen LogP contribution in [0.3, 0.4) is 0 Å². The van der Waals surface area contributed by atoms with Crippen molar-refractivity contribution in [1.29, 1.82) is 0 Å². The van der Waals surface area contributed by atoms with Crippen LogP contribution in [-0.2, 0) is 4.79 Å². The normalized spacial score (nSPS) is 22.9. The number of rotatable bonds is 3. The molecular formula is C17H24N2O. The van der Waals surface area contributed by atoms with Crippen LogP contribution in [0.5, 0.6) is 0 Å². The Bertz CT molecular complexity index is 478. The van der Waals surface area contributed by atoms with E-state index in [1.54, 1.807) is 6.08 Å². The van der Waals surface area contributed by atoms with Gasteiger partial charge in [-0.15, -0.1) is 0 Å². The highest BCUT2D eigenvalue weighted by atomic mass is 16.2. The number of anilines is 1. The highest BCUT2D eigenvalue weighted by Crippen LogP contribution is 2.27. The number of amides is 1. The Morgan fingerprint density at radius 3 is 2.55 bits per heavy atom. The summed E-state index contributed by atoms with van der Waals surface area (Å²) < 4.78 is 0. The molecule has 2 atom stereocenters. The monoisotopic (exact) mass is 272 g/mol. The lowest BCUT2D eigenvalue weighted by molar-refractivity contribution is -0.128. The van der Waals surface area contributed by atoms with Crippen molar-refractivity contribution in [3.63, 3.8) is 0 Å². The second-order valence-corrected chi connectivity index (χ2v) is 5.78. The molecule has 1 aliphatic rings. The SMILES string of the molecule is CC1CCCCC1N(C)C(=O)/C=C/c1ccc(N)cc1. The summed E-state index contributed by atoms with van der Waals surface area (Å²) in [5.74, 6) is 0.684. The Balaban J connectivity index is 1.98. The molecule has 2 N–H and O–H groups in total. The first kappa shape index (κ1) is 14.6. The van der Waals surface area contributed by atoms with E-state index in [-0.39, 0.29) is 5.91 Å². The average Bonchev–Trinajstić information content (AvgIpc) is 2.46. The summed E-state index contributed by atoms with van der Waals surface area (Å²) in [6.45, 7) is 2.25. The molecule has 0 aromatic heterocycles. The van der Waals surface area contributed by atoms with E-state index in [0.29, 0.717) is 12.0 Å². The molecule has 0 bridgehead atoms. The molecule has 2 unspecified atom stereocenters. The first-order chi connectivity index (χ1) is 9.58. The maximum absolute atomic E-state index is 12.2. The number of benzene rings is 1. The van der Waals surface area contributed by atoms with Gasteiger partial charge in [0, 0.05) is 24.9 Å². The molecule has 1 fully saturated rings. The molecule has 3 heteroatoms. The van der Waals surface area contributed by atoms with Crippen LogP contribution in [0.1, 0.15) is 38.2 Å². The van der Waals surface area contributed by atoms with Gasteiger partial charge in [0.1, 0.15) is 0 Å². The molecule has 1 aromatic rings. The van der Waals surface area contributed by atoms with E-state index in [9.17, 15) is 4.79 Å². The van der Waals surface area contributed by atoms with Crippen LogP contribution >= 0.6 is 0 Å². The van der Waals surface area contributed by atoms with Crippen molar-refractivity contribution < 1.29 is 4.79 Å². The Morgan fingerprint density at radius 1 is 1.25 bits per heavy atom. The van der Waals surface area contributed by atoms with E-state index >= 15 is 0 Å². The molecular weight excluding hydrogens is 248 g/mol. The fraction of sp³-hybridized carbons (Fsp3) is 0.471. The Hall–Kier alpha value is -1.77. The van der Waals surface area contributed by atoms with E-state index in [0.717, 1.165) is 17.7 Å². The Morgan fingerprint density at radius 2 is 1.90 bits per heavy atom. The highest BCUT2D eigenvalue weighted by Gasteiger charge is 2.26. The van der Waals surface area contributed by atoms with E-state index < -0.39 is 0 Å². The van der Waals surface area contributed by atoms with Crippen molar-refractivity contribution >= 4 is 17.7 Å². The number of hydrogen-bond donors (Lipinski definition) is 1. The van der Waals surface area contributed by atoms with Gasteiger partial charge in [0.15, 0.2) is 0 Å². The third kappa shape index (κ3) is 3.62. The van der Waals surface area contributed by atoms with Crippen LogP contribution in [0.4, 0.5) is 5.69 Å². The maximum Gasteiger partial charge on any atom is 0.246 e. The van der Waals surface area contributed by atoms with E-state index in [1.165, 1.54) is 19.3 Å². The Labute approximate surface area is 121 Å². The quantitative estimate of drug-likeness (QED) is 0.677. The predicted octanol–water partition coefficient (Wildman–Crippen LogP) is 3.32. The van der Waals surface area contributed by atoms with Gasteiger partial charge in [-0.1, -0.05) is 31.9 Å². The van der Waals surface area contributed by atoms with Crippen molar-refractivity contribution in [1.82, 2.24) is 4.90 Å². The summed E-state index contributed by atoms with van der Waals surface area (Å²) >= 11 is 0. The molecule has 2 rings (SSSR count). The number of likely N-dealkylation sites (N-methyl/N-ethyl adjacent to an activating group) is 1. The van der Waals surface area contributed by atoms with Gasteiger partial charge < -0.3 is 10.6 Å². The van der Waals surface area contributed by atoms with Crippen molar-refractivity contribution in [2.45, 2.75) is 38.6 Å². The summed E-state index contributed by atoms with van der Waals surface area (Å²) in [7, 11) is 1.92. The Kier molecular flexibility index (Phi) is 4.83. The minimum Gasteiger partial charge on any atom is -0.399 e. The first-order valence-electron chi connectivity index (χ1n) is 7.38. The standard InChI is InChI=1S/C17H24N2O/c1-13-5-3-4-6-16(13)19(2)17(20)12-9-14-7-10-15(18)11-8-14/h7-13,16H,3-6,18H2,1-2H3/b12-9+. The molecule has 0 saturated heterocycles. The maximum atomic E-state index is 12.2. The minimum atomic E-state index is 0.0839. The molecule has 1 aliphatic carbocycles. The summed E-state index contributed by atoms with van der Waals surface area (Å²) in [5, 5.41) is 0. The second-order valence-electron chi connectivity index (χ2n) is 5.78. The van der Waals surface area contributed by atoms with Gasteiger partial charge in [-0.2, -0.15) is 0 Å². The lowest BCUT2D eigenvalue weighted by Gasteiger charge is -2.35. The molecule has 0 heterocycles. The van der Waals surface area contributed by atoms with Gasteiger partial charge in [-0.05, 0) is 42.5 Å². The van der Waals surface area contributed by atoms with Crippen LogP contribution < -0.4 is 5.73 Å². The average molecular weight is 272 g/mol. The lowest BCUT2D eigenvalue weighted by Crippen LogP contribution is -2.41. The summed E-state index contributed by atoms with van der Waals surface area (Å²) in [6.07, 6.45) is 8.39. The number of nitrogens with zero attached hydrogens (tertiary/aromatic N) is 1. The third-order valence-corrected chi connectivity index (χ3v) is 4.27. The molecule has 1 aromatic carbocycles. The molecule has 1 saturated carbocycles. The molecule has 3 nitrogen and oxygen atoms in total. The van der Waals surface area contributed by atoms with Gasteiger partial charge >= 0.3 is 0 Å². The van der Waals surface area contributed by atoms with Crippen molar-refractivity contribution in [2.75, 3.05) is 12.8 Å². The molecule has 0 radical (unpaired) electrons. The second kappa shape index (κ2) is 6.60. The zero-order chi connectivity index (χ0) is 14.5. The van der Waals surface area contributed by atoms with Crippen LogP contribution in [0.15, 0.2) is 30.3 Å². The summed E-state index contributed by atoms with van der Waals surface area (Å²) in [4.78, 5) is 14.1. The first-order valence-corrected chi connectivity index (χ1v) is 7.38. The third-order valence-electron chi connectivity index (χ3n) is 4.27. The molecule has 1 amide bonds. The van der Waals surface area contributed by atoms with E-state index in [1.807, 2.05) is 42.3 Å². The smallest absolute Gasteiger partial charge is 0.246 e. The van der Waals surface area contributed by atoms with Crippen LogP contribution in [0, 0.1) is 5.92 Å². The van der Waals surface area contributed by atoms with Crippen LogP contribution in [0.2, 0.25) is 0 Å². The minimum absolute atomic E-state index is 0.0839. The van der Waals surface area contributed by atoms with Gasteiger partial charge in [-0.25, -0.2) is 0 Å². The molecule has 20 heavy (non-hydrogen) atoms. The molecule has 0 spiro atoms. The number of hydrogen-bond acceptors (Lipinski definition) is 2. The fourth-order valence-electron chi connectivity index (χ4n) is 2.93.